The number of amides is 1. The molecular formula is C21H23ClN2O3S. The van der Waals surface area contributed by atoms with E-state index in [4.69, 9.17) is 11.6 Å². The van der Waals surface area contributed by atoms with Gasteiger partial charge in [-0.2, -0.15) is 0 Å². The lowest BCUT2D eigenvalue weighted by molar-refractivity contribution is -0.124. The maximum Gasteiger partial charge on any atom is 0.240 e. The molecule has 0 aromatic heterocycles. The van der Waals surface area contributed by atoms with Crippen LogP contribution in [0.1, 0.15) is 30.4 Å². The average molecular weight is 419 g/mol. The summed E-state index contributed by atoms with van der Waals surface area (Å²) in [6, 6.07) is 12.4. The Balaban J connectivity index is 1.42. The lowest BCUT2D eigenvalue weighted by Gasteiger charge is -2.29. The fraction of sp³-hybridized carbons (Fsp3) is 0.381. The molecule has 1 saturated carbocycles. The maximum absolute atomic E-state index is 12.6. The zero-order chi connectivity index (χ0) is 19.7. The minimum absolute atomic E-state index is 0.142. The Hall–Kier alpha value is -1.89. The van der Waals surface area contributed by atoms with Crippen LogP contribution in [0.3, 0.4) is 0 Å². The summed E-state index contributed by atoms with van der Waals surface area (Å²) in [5, 5.41) is 0.660. The molecule has 0 atom stereocenters. The zero-order valence-corrected chi connectivity index (χ0v) is 17.1. The Morgan fingerprint density at radius 1 is 1.14 bits per heavy atom. The van der Waals surface area contributed by atoms with Gasteiger partial charge < -0.3 is 4.90 Å². The first-order valence-electron chi connectivity index (χ1n) is 9.62. The number of anilines is 1. The summed E-state index contributed by atoms with van der Waals surface area (Å²) >= 11 is 5.87. The Morgan fingerprint density at radius 2 is 1.89 bits per heavy atom. The molecule has 1 aliphatic carbocycles. The molecule has 0 unspecified atom stereocenters. The molecule has 1 aliphatic heterocycles. The molecule has 1 N–H and O–H groups in total. The SMILES string of the molecule is O=C(C1CCC1)N1CCc2cc(S(=O)(=O)NCCc3ccc(Cl)cc3)ccc21. The average Bonchev–Trinajstić information content (AvgIpc) is 3.05. The van der Waals surface area contributed by atoms with E-state index in [1.807, 2.05) is 17.0 Å². The number of hydrogen-bond acceptors (Lipinski definition) is 3. The van der Waals surface area contributed by atoms with Gasteiger partial charge in [-0.1, -0.05) is 30.2 Å². The predicted octanol–water partition coefficient (Wildman–Crippen LogP) is 3.55. The highest BCUT2D eigenvalue weighted by molar-refractivity contribution is 7.89. The second-order valence-electron chi connectivity index (χ2n) is 7.43. The third-order valence-corrected chi connectivity index (χ3v) is 7.31. The molecule has 2 aromatic rings. The Bertz CT molecular complexity index is 985. The first kappa shape index (κ1) is 19.4. The highest BCUT2D eigenvalue weighted by atomic mass is 35.5. The Kier molecular flexibility index (Phi) is 5.45. The van der Waals surface area contributed by atoms with Crippen LogP contribution in [0.25, 0.3) is 0 Å². The molecular weight excluding hydrogens is 396 g/mol. The van der Waals surface area contributed by atoms with Crippen molar-refractivity contribution in [1.29, 1.82) is 0 Å². The molecule has 2 aliphatic rings. The summed E-state index contributed by atoms with van der Waals surface area (Å²) in [7, 11) is -3.59. The quantitative estimate of drug-likeness (QED) is 0.780. The van der Waals surface area contributed by atoms with E-state index in [-0.39, 0.29) is 16.7 Å². The fourth-order valence-corrected chi connectivity index (χ4v) is 4.92. The first-order chi connectivity index (χ1) is 13.4. The van der Waals surface area contributed by atoms with Crippen molar-refractivity contribution in [3.63, 3.8) is 0 Å². The molecule has 2 aromatic carbocycles. The molecule has 1 fully saturated rings. The van der Waals surface area contributed by atoms with Crippen molar-refractivity contribution in [2.75, 3.05) is 18.0 Å². The van der Waals surface area contributed by atoms with Crippen molar-refractivity contribution in [3.8, 4) is 0 Å². The van der Waals surface area contributed by atoms with Gasteiger partial charge in [0.1, 0.15) is 0 Å². The van der Waals surface area contributed by atoms with Crippen LogP contribution in [0.4, 0.5) is 5.69 Å². The lowest BCUT2D eigenvalue weighted by atomic mass is 9.84. The summed E-state index contributed by atoms with van der Waals surface area (Å²) in [5.41, 5.74) is 2.80. The molecule has 7 heteroatoms. The maximum atomic E-state index is 12.6. The zero-order valence-electron chi connectivity index (χ0n) is 15.5. The fourth-order valence-electron chi connectivity index (χ4n) is 3.71. The number of sulfonamides is 1. The highest BCUT2D eigenvalue weighted by Crippen LogP contribution is 2.35. The van der Waals surface area contributed by atoms with Gasteiger partial charge in [0.25, 0.3) is 0 Å². The molecule has 0 saturated heterocycles. The van der Waals surface area contributed by atoms with Crippen molar-refractivity contribution in [1.82, 2.24) is 4.72 Å². The van der Waals surface area contributed by atoms with Gasteiger partial charge in [-0.15, -0.1) is 0 Å². The van der Waals surface area contributed by atoms with E-state index < -0.39 is 10.0 Å². The molecule has 0 spiro atoms. The van der Waals surface area contributed by atoms with Gasteiger partial charge in [-0.25, -0.2) is 13.1 Å². The summed E-state index contributed by atoms with van der Waals surface area (Å²) in [6.45, 7) is 0.950. The summed E-state index contributed by atoms with van der Waals surface area (Å²) in [4.78, 5) is 14.6. The van der Waals surface area contributed by atoms with Crippen molar-refractivity contribution < 1.29 is 13.2 Å². The molecule has 0 bridgehead atoms. The number of rotatable bonds is 6. The minimum atomic E-state index is -3.59. The molecule has 1 heterocycles. The molecule has 148 valence electrons. The lowest BCUT2D eigenvalue weighted by Crippen LogP contribution is -2.37. The second-order valence-corrected chi connectivity index (χ2v) is 9.64. The van der Waals surface area contributed by atoms with Gasteiger partial charge in [0.2, 0.25) is 15.9 Å². The first-order valence-corrected chi connectivity index (χ1v) is 11.5. The number of halogens is 1. The van der Waals surface area contributed by atoms with Gasteiger partial charge in [0.05, 0.1) is 4.90 Å². The minimum Gasteiger partial charge on any atom is -0.312 e. The van der Waals surface area contributed by atoms with E-state index in [9.17, 15) is 13.2 Å². The number of nitrogens with one attached hydrogen (secondary N) is 1. The van der Waals surface area contributed by atoms with E-state index in [1.54, 1.807) is 30.3 Å². The Labute approximate surface area is 170 Å². The van der Waals surface area contributed by atoms with Crippen LogP contribution in [-0.4, -0.2) is 27.4 Å². The summed E-state index contributed by atoms with van der Waals surface area (Å²) in [6.07, 6.45) is 4.34. The van der Waals surface area contributed by atoms with Crippen molar-refractivity contribution in [2.45, 2.75) is 37.0 Å². The highest BCUT2D eigenvalue weighted by Gasteiger charge is 2.33. The smallest absolute Gasteiger partial charge is 0.240 e. The van der Waals surface area contributed by atoms with E-state index in [0.29, 0.717) is 31.0 Å². The van der Waals surface area contributed by atoms with Gasteiger partial charge >= 0.3 is 0 Å². The van der Waals surface area contributed by atoms with Gasteiger partial charge in [-0.05, 0) is 67.1 Å². The number of hydrogen-bond donors (Lipinski definition) is 1. The molecule has 4 rings (SSSR count). The van der Waals surface area contributed by atoms with Crippen LogP contribution < -0.4 is 9.62 Å². The van der Waals surface area contributed by atoms with Crippen molar-refractivity contribution in [2.24, 2.45) is 5.92 Å². The normalized spacial score (nSPS) is 16.7. The van der Waals surface area contributed by atoms with Gasteiger partial charge in [-0.3, -0.25) is 4.79 Å². The third kappa shape index (κ3) is 3.95. The second kappa shape index (κ2) is 7.85. The van der Waals surface area contributed by atoms with E-state index in [1.165, 1.54) is 0 Å². The predicted molar refractivity (Wildman–Crippen MR) is 110 cm³/mol. The topological polar surface area (TPSA) is 66.5 Å². The van der Waals surface area contributed by atoms with Crippen LogP contribution in [-0.2, 0) is 27.7 Å². The number of nitrogens with zero attached hydrogens (tertiary/aromatic N) is 1. The van der Waals surface area contributed by atoms with Crippen LogP contribution in [0.15, 0.2) is 47.4 Å². The van der Waals surface area contributed by atoms with Crippen LogP contribution in [0.5, 0.6) is 0 Å². The van der Waals surface area contributed by atoms with Crippen molar-refractivity contribution in [3.05, 3.63) is 58.6 Å². The van der Waals surface area contributed by atoms with Crippen molar-refractivity contribution >= 4 is 33.2 Å². The molecule has 5 nitrogen and oxygen atoms in total. The number of benzene rings is 2. The van der Waals surface area contributed by atoms with E-state index >= 15 is 0 Å². The molecule has 28 heavy (non-hydrogen) atoms. The molecule has 1 amide bonds. The number of fused-ring (bicyclic) bond motifs is 1. The Morgan fingerprint density at radius 3 is 2.57 bits per heavy atom. The monoisotopic (exact) mass is 418 g/mol. The largest absolute Gasteiger partial charge is 0.312 e. The summed E-state index contributed by atoms with van der Waals surface area (Å²) < 4.78 is 27.9. The number of carbonyl (C=O) groups is 1. The third-order valence-electron chi connectivity index (χ3n) is 5.60. The van der Waals surface area contributed by atoms with Gasteiger partial charge in [0.15, 0.2) is 0 Å². The number of carbonyl (C=O) groups excluding carboxylic acids is 1. The summed E-state index contributed by atoms with van der Waals surface area (Å²) in [5.74, 6) is 0.325. The van der Waals surface area contributed by atoms with Crippen LogP contribution in [0, 0.1) is 5.92 Å². The van der Waals surface area contributed by atoms with E-state index in [0.717, 1.165) is 36.1 Å². The van der Waals surface area contributed by atoms with Gasteiger partial charge in [0, 0.05) is 29.7 Å². The van der Waals surface area contributed by atoms with E-state index in [2.05, 4.69) is 4.72 Å². The standard InChI is InChI=1S/C21H23ClN2O3S/c22-18-6-4-15(5-7-18)10-12-23-28(26,27)19-8-9-20-17(14-19)11-13-24(20)21(25)16-2-1-3-16/h4-9,14,16,23H,1-3,10-13H2. The molecule has 0 radical (unpaired) electrons. The van der Waals surface area contributed by atoms with Crippen LogP contribution >= 0.6 is 11.6 Å². The van der Waals surface area contributed by atoms with Crippen LogP contribution in [0.2, 0.25) is 5.02 Å².